The molecular formula is C13H22N2OS. The third kappa shape index (κ3) is 2.86. The van der Waals surface area contributed by atoms with Crippen LogP contribution in [0, 0.1) is 11.8 Å². The Hall–Kier alpha value is -0.480. The third-order valence-electron chi connectivity index (χ3n) is 4.04. The van der Waals surface area contributed by atoms with Crippen molar-refractivity contribution >= 4 is 11.5 Å². The van der Waals surface area contributed by atoms with Gasteiger partial charge in [0, 0.05) is 0 Å². The van der Waals surface area contributed by atoms with E-state index in [4.69, 9.17) is 0 Å². The molecule has 1 fully saturated rings. The van der Waals surface area contributed by atoms with Crippen LogP contribution < -0.4 is 0 Å². The monoisotopic (exact) mass is 254 g/mol. The molecule has 0 aliphatic heterocycles. The number of aromatic nitrogens is 2. The summed E-state index contributed by atoms with van der Waals surface area (Å²) >= 11 is 1.37. The van der Waals surface area contributed by atoms with E-state index in [0.717, 1.165) is 29.3 Å². The van der Waals surface area contributed by atoms with E-state index in [2.05, 4.69) is 23.4 Å². The van der Waals surface area contributed by atoms with Crippen molar-refractivity contribution < 1.29 is 5.11 Å². The van der Waals surface area contributed by atoms with E-state index in [9.17, 15) is 5.11 Å². The van der Waals surface area contributed by atoms with Crippen LogP contribution in [-0.2, 0) is 6.42 Å². The third-order valence-corrected chi connectivity index (χ3v) is 4.87. The van der Waals surface area contributed by atoms with E-state index in [1.165, 1.54) is 37.2 Å². The number of hydrogen-bond acceptors (Lipinski definition) is 4. The largest absolute Gasteiger partial charge is 0.387 e. The van der Waals surface area contributed by atoms with Gasteiger partial charge in [0.1, 0.15) is 0 Å². The second-order valence-electron chi connectivity index (χ2n) is 5.08. The minimum Gasteiger partial charge on any atom is -0.387 e. The first-order valence-electron chi connectivity index (χ1n) is 6.75. The van der Waals surface area contributed by atoms with Crippen LogP contribution in [0.4, 0.5) is 0 Å². The zero-order chi connectivity index (χ0) is 12.3. The van der Waals surface area contributed by atoms with Gasteiger partial charge in [-0.1, -0.05) is 37.6 Å². The summed E-state index contributed by atoms with van der Waals surface area (Å²) in [5, 5.41) is 14.6. The Labute approximate surface area is 107 Å². The van der Waals surface area contributed by atoms with Gasteiger partial charge in [-0.15, -0.1) is 5.10 Å². The lowest BCUT2D eigenvalue weighted by Gasteiger charge is -2.31. The zero-order valence-electron chi connectivity index (χ0n) is 10.7. The molecule has 2 rings (SSSR count). The molecule has 0 aromatic carbocycles. The second-order valence-corrected chi connectivity index (χ2v) is 5.87. The van der Waals surface area contributed by atoms with Crippen LogP contribution >= 0.6 is 11.5 Å². The Morgan fingerprint density at radius 3 is 2.94 bits per heavy atom. The summed E-state index contributed by atoms with van der Waals surface area (Å²) in [4.78, 5) is 1.01. The Morgan fingerprint density at radius 2 is 2.24 bits per heavy atom. The number of aliphatic hydroxyl groups excluding tert-OH is 1. The van der Waals surface area contributed by atoms with Crippen LogP contribution in [-0.4, -0.2) is 14.7 Å². The molecule has 1 N–H and O–H groups in total. The average Bonchev–Trinajstić information content (AvgIpc) is 2.86. The molecule has 3 atom stereocenters. The van der Waals surface area contributed by atoms with E-state index in [0.29, 0.717) is 5.92 Å². The van der Waals surface area contributed by atoms with Crippen LogP contribution in [0.2, 0.25) is 0 Å². The SMILES string of the molecule is CCc1nnsc1C(O)C1CCCC(CC)C1. The maximum absolute atomic E-state index is 10.5. The maximum atomic E-state index is 10.5. The molecule has 1 aliphatic carbocycles. The van der Waals surface area contributed by atoms with Gasteiger partial charge in [0.2, 0.25) is 0 Å². The van der Waals surface area contributed by atoms with Gasteiger partial charge in [-0.2, -0.15) is 0 Å². The fourth-order valence-electron chi connectivity index (χ4n) is 2.89. The standard InChI is InChI=1S/C13H22N2OS/c1-3-9-6-5-7-10(8-9)12(16)13-11(4-2)14-15-17-13/h9-10,12,16H,3-8H2,1-2H3. The van der Waals surface area contributed by atoms with Crippen LogP contribution in [0.1, 0.15) is 62.6 Å². The fraction of sp³-hybridized carbons (Fsp3) is 0.846. The Morgan fingerprint density at radius 1 is 1.41 bits per heavy atom. The Kier molecular flexibility index (Phi) is 4.51. The number of rotatable bonds is 4. The van der Waals surface area contributed by atoms with Gasteiger partial charge in [0.25, 0.3) is 0 Å². The quantitative estimate of drug-likeness (QED) is 0.896. The number of hydrogen-bond donors (Lipinski definition) is 1. The molecule has 96 valence electrons. The van der Waals surface area contributed by atoms with Gasteiger partial charge in [-0.05, 0) is 42.6 Å². The van der Waals surface area contributed by atoms with Crippen molar-refractivity contribution in [3.8, 4) is 0 Å². The summed E-state index contributed by atoms with van der Waals surface area (Å²) < 4.78 is 3.98. The molecule has 0 saturated heterocycles. The van der Waals surface area contributed by atoms with Gasteiger partial charge in [0.15, 0.2) is 0 Å². The van der Waals surface area contributed by atoms with Gasteiger partial charge in [0.05, 0.1) is 16.7 Å². The molecule has 1 aromatic heterocycles. The molecule has 17 heavy (non-hydrogen) atoms. The van der Waals surface area contributed by atoms with Crippen molar-refractivity contribution in [1.82, 2.24) is 9.59 Å². The van der Waals surface area contributed by atoms with Crippen molar-refractivity contribution in [2.45, 2.75) is 58.5 Å². The van der Waals surface area contributed by atoms with Crippen molar-refractivity contribution in [3.63, 3.8) is 0 Å². The van der Waals surface area contributed by atoms with Crippen LogP contribution in [0.15, 0.2) is 0 Å². The molecule has 1 aromatic rings. The minimum atomic E-state index is -0.334. The van der Waals surface area contributed by atoms with Crippen LogP contribution in [0.3, 0.4) is 0 Å². The van der Waals surface area contributed by atoms with Crippen molar-refractivity contribution in [1.29, 1.82) is 0 Å². The van der Waals surface area contributed by atoms with Gasteiger partial charge in [-0.3, -0.25) is 0 Å². The highest BCUT2D eigenvalue weighted by atomic mass is 32.1. The predicted octanol–water partition coefficient (Wildman–Crippen LogP) is 3.35. The van der Waals surface area contributed by atoms with E-state index in [1.807, 2.05) is 0 Å². The molecule has 0 spiro atoms. The molecule has 0 bridgehead atoms. The van der Waals surface area contributed by atoms with Gasteiger partial charge < -0.3 is 5.11 Å². The summed E-state index contributed by atoms with van der Waals surface area (Å²) in [5.74, 6) is 1.22. The minimum absolute atomic E-state index is 0.334. The van der Waals surface area contributed by atoms with E-state index in [-0.39, 0.29) is 6.10 Å². The van der Waals surface area contributed by atoms with Crippen molar-refractivity contribution in [2.75, 3.05) is 0 Å². The highest BCUT2D eigenvalue weighted by Gasteiger charge is 2.30. The Balaban J connectivity index is 2.06. The molecule has 1 aliphatic rings. The summed E-state index contributed by atoms with van der Waals surface area (Å²) in [6.07, 6.45) is 6.68. The summed E-state index contributed by atoms with van der Waals surface area (Å²) in [7, 11) is 0. The van der Waals surface area contributed by atoms with Crippen molar-refractivity contribution in [2.24, 2.45) is 11.8 Å². The molecule has 1 saturated carbocycles. The first-order valence-corrected chi connectivity index (χ1v) is 7.52. The van der Waals surface area contributed by atoms with Gasteiger partial charge >= 0.3 is 0 Å². The van der Waals surface area contributed by atoms with Crippen molar-refractivity contribution in [3.05, 3.63) is 10.6 Å². The second kappa shape index (κ2) is 5.91. The average molecular weight is 254 g/mol. The lowest BCUT2D eigenvalue weighted by molar-refractivity contribution is 0.0697. The number of aliphatic hydroxyl groups is 1. The smallest absolute Gasteiger partial charge is 0.0945 e. The molecule has 4 heteroatoms. The summed E-state index contributed by atoms with van der Waals surface area (Å²) in [5.41, 5.74) is 0.987. The molecule has 0 amide bonds. The predicted molar refractivity (Wildman–Crippen MR) is 70.0 cm³/mol. The maximum Gasteiger partial charge on any atom is 0.0945 e. The number of aryl methyl sites for hydroxylation is 1. The molecule has 3 unspecified atom stereocenters. The summed E-state index contributed by atoms with van der Waals surface area (Å²) in [6, 6.07) is 0. The molecule has 0 radical (unpaired) electrons. The normalized spacial score (nSPS) is 27.0. The highest BCUT2D eigenvalue weighted by molar-refractivity contribution is 7.05. The first kappa shape index (κ1) is 13.0. The Bertz CT molecular complexity index is 353. The summed E-state index contributed by atoms with van der Waals surface area (Å²) in [6.45, 7) is 4.33. The fourth-order valence-corrected chi connectivity index (χ4v) is 3.71. The van der Waals surface area contributed by atoms with E-state index < -0.39 is 0 Å². The van der Waals surface area contributed by atoms with E-state index >= 15 is 0 Å². The highest BCUT2D eigenvalue weighted by Crippen LogP contribution is 2.39. The molecular weight excluding hydrogens is 232 g/mol. The lowest BCUT2D eigenvalue weighted by Crippen LogP contribution is -2.21. The zero-order valence-corrected chi connectivity index (χ0v) is 11.5. The molecule has 1 heterocycles. The molecule has 3 nitrogen and oxygen atoms in total. The van der Waals surface area contributed by atoms with Crippen LogP contribution in [0.5, 0.6) is 0 Å². The first-order chi connectivity index (χ1) is 8.26. The van der Waals surface area contributed by atoms with Crippen LogP contribution in [0.25, 0.3) is 0 Å². The lowest BCUT2D eigenvalue weighted by atomic mass is 9.77. The topological polar surface area (TPSA) is 46.0 Å². The van der Waals surface area contributed by atoms with E-state index in [1.54, 1.807) is 0 Å². The number of nitrogens with zero attached hydrogens (tertiary/aromatic N) is 2. The van der Waals surface area contributed by atoms with Gasteiger partial charge in [-0.25, -0.2) is 0 Å².